The van der Waals surface area contributed by atoms with Gasteiger partial charge in [-0.05, 0) is 44.5 Å². The van der Waals surface area contributed by atoms with Crippen LogP contribution in [0.4, 0.5) is 0 Å². The van der Waals surface area contributed by atoms with E-state index < -0.39 is 0 Å². The van der Waals surface area contributed by atoms with Gasteiger partial charge in [0, 0.05) is 19.5 Å². The van der Waals surface area contributed by atoms with E-state index in [0.29, 0.717) is 18.2 Å². The first-order valence-corrected chi connectivity index (χ1v) is 11.9. The van der Waals surface area contributed by atoms with Gasteiger partial charge in [-0.3, -0.25) is 14.5 Å². The second-order valence-corrected chi connectivity index (χ2v) is 9.36. The Balaban J connectivity index is 1.42. The zero-order valence-electron chi connectivity index (χ0n) is 19.9. The van der Waals surface area contributed by atoms with Crippen molar-refractivity contribution >= 4 is 17.5 Å². The first-order valence-electron chi connectivity index (χ1n) is 11.9. The van der Waals surface area contributed by atoms with Gasteiger partial charge in [0.25, 0.3) is 5.91 Å². The van der Waals surface area contributed by atoms with Gasteiger partial charge < -0.3 is 9.32 Å². The highest BCUT2D eigenvalue weighted by atomic mass is 16.3. The molecule has 0 N–H and O–H groups in total. The third kappa shape index (κ3) is 5.53. The molecule has 7 nitrogen and oxygen atoms in total. The number of carbonyl (C=O) groups is 2. The topological polar surface area (TPSA) is 69.4 Å². The lowest BCUT2D eigenvalue weighted by Gasteiger charge is -2.32. The van der Waals surface area contributed by atoms with Crippen LogP contribution in [0.15, 0.2) is 52.2 Å². The monoisotopic (exact) mass is 450 g/mol. The van der Waals surface area contributed by atoms with E-state index in [2.05, 4.69) is 5.10 Å². The van der Waals surface area contributed by atoms with Crippen LogP contribution in [0.25, 0.3) is 0 Å². The standard InChI is InChI=1S/C26H34N4O3/c1-19-11-13-20(14-12-19)22-16-23(24-10-7-15-33-24)30(27-22)26(32)18-28(2)17-25(31)29(3)21-8-5-4-6-9-21/h7,10-15,21,23H,4-6,8-9,16-18H2,1-3H3/t23-/m0/s1. The lowest BCUT2D eigenvalue weighted by Crippen LogP contribution is -2.45. The molecule has 1 aromatic heterocycles. The van der Waals surface area contributed by atoms with Crippen molar-refractivity contribution in [1.82, 2.24) is 14.8 Å². The normalized spacial score (nSPS) is 19.1. The van der Waals surface area contributed by atoms with Gasteiger partial charge in [-0.25, -0.2) is 5.01 Å². The minimum Gasteiger partial charge on any atom is -0.467 e. The number of aryl methyl sites for hydroxylation is 1. The minimum absolute atomic E-state index is 0.0602. The molecule has 1 aromatic carbocycles. The molecule has 1 fully saturated rings. The zero-order chi connectivity index (χ0) is 23.4. The summed E-state index contributed by atoms with van der Waals surface area (Å²) in [6.45, 7) is 2.38. The van der Waals surface area contributed by atoms with E-state index in [9.17, 15) is 9.59 Å². The summed E-state index contributed by atoms with van der Waals surface area (Å²) in [6.07, 6.45) is 7.97. The predicted octanol–water partition coefficient (Wildman–Crippen LogP) is 3.99. The highest BCUT2D eigenvalue weighted by Gasteiger charge is 2.35. The summed E-state index contributed by atoms with van der Waals surface area (Å²) >= 11 is 0. The number of hydrogen-bond donors (Lipinski definition) is 0. The molecule has 7 heteroatoms. The molecule has 1 atom stereocenters. The number of furan rings is 1. The van der Waals surface area contributed by atoms with Gasteiger partial charge >= 0.3 is 0 Å². The fourth-order valence-corrected chi connectivity index (χ4v) is 4.74. The molecule has 1 saturated carbocycles. The summed E-state index contributed by atoms with van der Waals surface area (Å²) in [5, 5.41) is 6.21. The quantitative estimate of drug-likeness (QED) is 0.640. The molecule has 0 saturated heterocycles. The Hall–Kier alpha value is -2.93. The summed E-state index contributed by atoms with van der Waals surface area (Å²) in [5.74, 6) is 0.629. The van der Waals surface area contributed by atoms with Crippen LogP contribution in [0.3, 0.4) is 0 Å². The summed E-state index contributed by atoms with van der Waals surface area (Å²) in [7, 11) is 3.70. The van der Waals surface area contributed by atoms with Crippen molar-refractivity contribution < 1.29 is 14.0 Å². The zero-order valence-corrected chi connectivity index (χ0v) is 19.9. The van der Waals surface area contributed by atoms with Gasteiger partial charge in [0.1, 0.15) is 11.8 Å². The molecule has 0 spiro atoms. The number of carbonyl (C=O) groups excluding carboxylic acids is 2. The van der Waals surface area contributed by atoms with Gasteiger partial charge in [-0.15, -0.1) is 0 Å². The molecular weight excluding hydrogens is 416 g/mol. The summed E-state index contributed by atoms with van der Waals surface area (Å²) < 4.78 is 5.63. The fourth-order valence-electron chi connectivity index (χ4n) is 4.74. The van der Waals surface area contributed by atoms with Crippen LogP contribution in [-0.4, -0.2) is 65.6 Å². The molecular formula is C26H34N4O3. The highest BCUT2D eigenvalue weighted by molar-refractivity contribution is 6.03. The first kappa shape index (κ1) is 23.2. The number of rotatable bonds is 7. The first-order chi connectivity index (χ1) is 15.9. The van der Waals surface area contributed by atoms with Gasteiger partial charge in [-0.2, -0.15) is 5.10 Å². The van der Waals surface area contributed by atoms with E-state index in [-0.39, 0.29) is 30.9 Å². The number of amides is 2. The smallest absolute Gasteiger partial charge is 0.257 e. The molecule has 0 radical (unpaired) electrons. The molecule has 2 aliphatic rings. The van der Waals surface area contributed by atoms with Crippen molar-refractivity contribution in [3.8, 4) is 0 Å². The highest BCUT2D eigenvalue weighted by Crippen LogP contribution is 2.33. The Labute approximate surface area is 196 Å². The molecule has 0 bridgehead atoms. The molecule has 4 rings (SSSR count). The lowest BCUT2D eigenvalue weighted by atomic mass is 9.94. The lowest BCUT2D eigenvalue weighted by molar-refractivity contribution is -0.137. The van der Waals surface area contributed by atoms with E-state index in [1.54, 1.807) is 11.2 Å². The number of benzene rings is 1. The maximum Gasteiger partial charge on any atom is 0.257 e. The van der Waals surface area contributed by atoms with E-state index in [0.717, 1.165) is 24.1 Å². The van der Waals surface area contributed by atoms with E-state index in [1.807, 2.05) is 62.3 Å². The molecule has 0 unspecified atom stereocenters. The molecule has 176 valence electrons. The molecule has 2 heterocycles. The van der Waals surface area contributed by atoms with Crippen LogP contribution in [0.2, 0.25) is 0 Å². The van der Waals surface area contributed by atoms with Gasteiger partial charge in [0.15, 0.2) is 0 Å². The van der Waals surface area contributed by atoms with Crippen LogP contribution in [0, 0.1) is 6.92 Å². The van der Waals surface area contributed by atoms with E-state index in [1.165, 1.54) is 29.8 Å². The third-order valence-corrected chi connectivity index (χ3v) is 6.75. The molecule has 2 amide bonds. The molecule has 33 heavy (non-hydrogen) atoms. The minimum atomic E-state index is -0.280. The average molecular weight is 451 g/mol. The second-order valence-electron chi connectivity index (χ2n) is 9.36. The number of likely N-dealkylation sites (N-methyl/N-ethyl adjacent to an activating group) is 2. The van der Waals surface area contributed by atoms with Gasteiger partial charge in [0.2, 0.25) is 5.91 Å². The summed E-state index contributed by atoms with van der Waals surface area (Å²) in [4.78, 5) is 29.7. The van der Waals surface area contributed by atoms with Crippen LogP contribution in [0.1, 0.15) is 61.5 Å². The van der Waals surface area contributed by atoms with Crippen molar-refractivity contribution in [1.29, 1.82) is 0 Å². The summed E-state index contributed by atoms with van der Waals surface area (Å²) in [6, 6.07) is 11.9. The summed E-state index contributed by atoms with van der Waals surface area (Å²) in [5.41, 5.74) is 3.04. The predicted molar refractivity (Wildman–Crippen MR) is 128 cm³/mol. The van der Waals surface area contributed by atoms with Crippen molar-refractivity contribution in [3.05, 3.63) is 59.5 Å². The number of hydrazone groups is 1. The Kier molecular flexibility index (Phi) is 7.28. The maximum atomic E-state index is 13.3. The number of hydrogen-bond acceptors (Lipinski definition) is 5. The van der Waals surface area contributed by atoms with Crippen molar-refractivity contribution in [2.45, 2.75) is 57.5 Å². The van der Waals surface area contributed by atoms with E-state index >= 15 is 0 Å². The molecule has 1 aliphatic carbocycles. The third-order valence-electron chi connectivity index (χ3n) is 6.75. The van der Waals surface area contributed by atoms with Crippen LogP contribution >= 0.6 is 0 Å². The van der Waals surface area contributed by atoms with Crippen molar-refractivity contribution in [3.63, 3.8) is 0 Å². The fraction of sp³-hybridized carbons (Fsp3) is 0.500. The largest absolute Gasteiger partial charge is 0.467 e. The maximum absolute atomic E-state index is 13.3. The van der Waals surface area contributed by atoms with Crippen molar-refractivity contribution in [2.75, 3.05) is 27.2 Å². The van der Waals surface area contributed by atoms with Gasteiger partial charge in [0.05, 0.1) is 25.1 Å². The molecule has 1 aliphatic heterocycles. The van der Waals surface area contributed by atoms with Crippen LogP contribution in [0.5, 0.6) is 0 Å². The Morgan fingerprint density at radius 1 is 1.06 bits per heavy atom. The Morgan fingerprint density at radius 2 is 1.79 bits per heavy atom. The van der Waals surface area contributed by atoms with Gasteiger partial charge in [-0.1, -0.05) is 49.1 Å². The van der Waals surface area contributed by atoms with Crippen LogP contribution in [-0.2, 0) is 9.59 Å². The number of nitrogens with zero attached hydrogens (tertiary/aromatic N) is 4. The Bertz CT molecular complexity index is 977. The average Bonchev–Trinajstić information content (AvgIpc) is 3.49. The SMILES string of the molecule is Cc1ccc(C2=NN(C(=O)CN(C)CC(=O)N(C)C3CCCCC3)[C@H](c3ccco3)C2)cc1. The molecule has 2 aromatic rings. The van der Waals surface area contributed by atoms with E-state index in [4.69, 9.17) is 4.42 Å². The van der Waals surface area contributed by atoms with Crippen LogP contribution < -0.4 is 0 Å². The van der Waals surface area contributed by atoms with Crippen molar-refractivity contribution in [2.24, 2.45) is 5.10 Å². The Morgan fingerprint density at radius 3 is 2.45 bits per heavy atom. The second kappa shape index (κ2) is 10.3.